The Bertz CT molecular complexity index is 896. The number of nitrogens with one attached hydrogen (secondary N) is 2. The van der Waals surface area contributed by atoms with E-state index in [4.69, 9.17) is 9.47 Å². The first-order valence-corrected chi connectivity index (χ1v) is 9.57. The normalized spacial score (nSPS) is 14.5. The van der Waals surface area contributed by atoms with E-state index in [1.165, 1.54) is 12.5 Å². The smallest absolute Gasteiger partial charge is 0.241 e. The first kappa shape index (κ1) is 20.7. The van der Waals surface area contributed by atoms with Crippen molar-refractivity contribution >= 4 is 23.2 Å². The van der Waals surface area contributed by atoms with Crippen molar-refractivity contribution in [3.8, 4) is 11.5 Å². The Hall–Kier alpha value is -3.06. The second-order valence-corrected chi connectivity index (χ2v) is 7.12. The van der Waals surface area contributed by atoms with Gasteiger partial charge in [0.2, 0.25) is 11.8 Å². The van der Waals surface area contributed by atoms with Crippen LogP contribution in [0.25, 0.3) is 0 Å². The third-order valence-corrected chi connectivity index (χ3v) is 5.15. The van der Waals surface area contributed by atoms with E-state index in [9.17, 15) is 9.59 Å². The molecule has 0 spiro atoms. The molecule has 0 bridgehead atoms. The summed E-state index contributed by atoms with van der Waals surface area (Å²) in [6.45, 7) is 4.83. The molecule has 2 amide bonds. The lowest BCUT2D eigenvalue weighted by molar-refractivity contribution is -0.121. The minimum absolute atomic E-state index is 0.0683. The number of fused-ring (bicyclic) bond motifs is 1. The fraction of sp³-hybridized carbons (Fsp3) is 0.364. The molecule has 7 heteroatoms. The summed E-state index contributed by atoms with van der Waals surface area (Å²) < 4.78 is 10.8. The van der Waals surface area contributed by atoms with Crippen LogP contribution in [0.2, 0.25) is 0 Å². The summed E-state index contributed by atoms with van der Waals surface area (Å²) >= 11 is 0. The van der Waals surface area contributed by atoms with Gasteiger partial charge < -0.3 is 20.1 Å². The maximum Gasteiger partial charge on any atom is 0.241 e. The minimum atomic E-state index is -0.286. The Balaban J connectivity index is 1.65. The summed E-state index contributed by atoms with van der Waals surface area (Å²) in [5, 5.41) is 5.65. The Labute approximate surface area is 171 Å². The molecule has 154 valence electrons. The van der Waals surface area contributed by atoms with Crippen molar-refractivity contribution < 1.29 is 19.1 Å². The van der Waals surface area contributed by atoms with Gasteiger partial charge in [0.05, 0.1) is 20.3 Å². The van der Waals surface area contributed by atoms with Gasteiger partial charge in [-0.15, -0.1) is 0 Å². The molecule has 0 radical (unpaired) electrons. The molecule has 7 nitrogen and oxygen atoms in total. The highest BCUT2D eigenvalue weighted by Crippen LogP contribution is 2.33. The summed E-state index contributed by atoms with van der Waals surface area (Å²) in [5.74, 6) is 1.23. The van der Waals surface area contributed by atoms with Crippen molar-refractivity contribution in [1.82, 2.24) is 4.90 Å². The van der Waals surface area contributed by atoms with E-state index in [0.29, 0.717) is 23.7 Å². The molecule has 0 saturated heterocycles. The molecular weight excluding hydrogens is 370 g/mol. The summed E-state index contributed by atoms with van der Waals surface area (Å²) in [6.07, 6.45) is 0.846. The third kappa shape index (κ3) is 4.86. The molecule has 0 aliphatic carbocycles. The zero-order chi connectivity index (χ0) is 21.0. The van der Waals surface area contributed by atoms with Crippen molar-refractivity contribution in [2.45, 2.75) is 32.9 Å². The summed E-state index contributed by atoms with van der Waals surface area (Å²) in [6, 6.07) is 10.8. The highest BCUT2D eigenvalue weighted by molar-refractivity contribution is 5.95. The third-order valence-electron chi connectivity index (χ3n) is 5.15. The van der Waals surface area contributed by atoms with Crippen molar-refractivity contribution in [3.63, 3.8) is 0 Å². The Morgan fingerprint density at radius 3 is 2.07 bits per heavy atom. The van der Waals surface area contributed by atoms with E-state index in [1.807, 2.05) is 19.1 Å². The SMILES string of the molecule is COc1cc2c(cc1OC)CN([C@@H](C)C(=O)Nc1ccc(NC(C)=O)cc1)CC2. The van der Waals surface area contributed by atoms with Gasteiger partial charge in [-0.25, -0.2) is 0 Å². The van der Waals surface area contributed by atoms with E-state index < -0.39 is 0 Å². The predicted molar refractivity (Wildman–Crippen MR) is 112 cm³/mol. The number of hydrogen-bond acceptors (Lipinski definition) is 5. The van der Waals surface area contributed by atoms with Crippen LogP contribution in [-0.4, -0.2) is 43.5 Å². The van der Waals surface area contributed by atoms with Crippen LogP contribution in [0.4, 0.5) is 11.4 Å². The number of nitrogens with zero attached hydrogens (tertiary/aromatic N) is 1. The van der Waals surface area contributed by atoms with Gasteiger partial charge in [-0.05, 0) is 60.9 Å². The summed E-state index contributed by atoms with van der Waals surface area (Å²) in [5.41, 5.74) is 3.76. The second kappa shape index (κ2) is 8.96. The first-order valence-electron chi connectivity index (χ1n) is 9.57. The van der Waals surface area contributed by atoms with Crippen LogP contribution in [0.1, 0.15) is 25.0 Å². The van der Waals surface area contributed by atoms with Crippen molar-refractivity contribution in [3.05, 3.63) is 47.5 Å². The number of amides is 2. The van der Waals surface area contributed by atoms with E-state index in [0.717, 1.165) is 24.3 Å². The fourth-order valence-corrected chi connectivity index (χ4v) is 3.49. The molecule has 0 unspecified atom stereocenters. The number of methoxy groups -OCH3 is 2. The standard InChI is InChI=1S/C22H27N3O4/c1-14(22(27)24-19-7-5-18(6-8-19)23-15(2)26)25-10-9-16-11-20(28-3)21(29-4)12-17(16)13-25/h5-8,11-12,14H,9-10,13H2,1-4H3,(H,23,26)(H,24,27)/t14-/m0/s1. The molecular formula is C22H27N3O4. The van der Waals surface area contributed by atoms with Gasteiger partial charge in [0, 0.05) is 31.4 Å². The quantitative estimate of drug-likeness (QED) is 0.783. The van der Waals surface area contributed by atoms with Gasteiger partial charge in [0.15, 0.2) is 11.5 Å². The highest BCUT2D eigenvalue weighted by Gasteiger charge is 2.26. The maximum atomic E-state index is 12.7. The number of rotatable bonds is 6. The molecule has 0 fully saturated rings. The van der Waals surface area contributed by atoms with Crippen LogP contribution in [-0.2, 0) is 22.6 Å². The topological polar surface area (TPSA) is 79.9 Å². The van der Waals surface area contributed by atoms with Gasteiger partial charge in [0.25, 0.3) is 0 Å². The van der Waals surface area contributed by atoms with Crippen LogP contribution in [0.3, 0.4) is 0 Å². The Morgan fingerprint density at radius 1 is 0.966 bits per heavy atom. The number of benzene rings is 2. The average molecular weight is 397 g/mol. The molecule has 29 heavy (non-hydrogen) atoms. The van der Waals surface area contributed by atoms with Gasteiger partial charge in [-0.3, -0.25) is 14.5 Å². The van der Waals surface area contributed by atoms with Crippen LogP contribution in [0.5, 0.6) is 11.5 Å². The minimum Gasteiger partial charge on any atom is -0.493 e. The van der Waals surface area contributed by atoms with E-state index in [2.05, 4.69) is 15.5 Å². The van der Waals surface area contributed by atoms with Crippen LogP contribution in [0.15, 0.2) is 36.4 Å². The Kier molecular flexibility index (Phi) is 6.39. The molecule has 0 saturated carbocycles. The van der Waals surface area contributed by atoms with Gasteiger partial charge in [-0.1, -0.05) is 0 Å². The summed E-state index contributed by atoms with van der Waals surface area (Å²) in [4.78, 5) is 26.0. The molecule has 1 aliphatic heterocycles. The number of anilines is 2. The highest BCUT2D eigenvalue weighted by atomic mass is 16.5. The van der Waals surface area contributed by atoms with E-state index in [1.54, 1.807) is 38.5 Å². The Morgan fingerprint density at radius 2 is 1.52 bits per heavy atom. The molecule has 1 heterocycles. The number of carbonyl (C=O) groups excluding carboxylic acids is 2. The van der Waals surface area contributed by atoms with Gasteiger partial charge in [-0.2, -0.15) is 0 Å². The number of ether oxygens (including phenoxy) is 2. The molecule has 2 aromatic rings. The lowest BCUT2D eigenvalue weighted by Crippen LogP contribution is -2.44. The van der Waals surface area contributed by atoms with Gasteiger partial charge >= 0.3 is 0 Å². The lowest BCUT2D eigenvalue weighted by Gasteiger charge is -2.33. The molecule has 2 N–H and O–H groups in total. The van der Waals surface area contributed by atoms with E-state index in [-0.39, 0.29) is 17.9 Å². The molecule has 1 aliphatic rings. The van der Waals surface area contributed by atoms with Crippen molar-refractivity contribution in [1.29, 1.82) is 0 Å². The summed E-state index contributed by atoms with van der Waals surface area (Å²) in [7, 11) is 3.26. The number of carbonyl (C=O) groups is 2. The zero-order valence-electron chi connectivity index (χ0n) is 17.2. The first-order chi connectivity index (χ1) is 13.9. The van der Waals surface area contributed by atoms with Crippen LogP contribution >= 0.6 is 0 Å². The maximum absolute atomic E-state index is 12.7. The van der Waals surface area contributed by atoms with Crippen molar-refractivity contribution in [2.24, 2.45) is 0 Å². The van der Waals surface area contributed by atoms with E-state index >= 15 is 0 Å². The fourth-order valence-electron chi connectivity index (χ4n) is 3.49. The van der Waals surface area contributed by atoms with Crippen LogP contribution < -0.4 is 20.1 Å². The predicted octanol–water partition coefficient (Wildman–Crippen LogP) is 3.05. The van der Waals surface area contributed by atoms with Crippen molar-refractivity contribution in [2.75, 3.05) is 31.4 Å². The molecule has 0 aromatic heterocycles. The largest absolute Gasteiger partial charge is 0.493 e. The monoisotopic (exact) mass is 397 g/mol. The lowest BCUT2D eigenvalue weighted by atomic mass is 9.97. The number of hydrogen-bond donors (Lipinski definition) is 2. The molecule has 3 rings (SSSR count). The van der Waals surface area contributed by atoms with Gasteiger partial charge in [0.1, 0.15) is 0 Å². The zero-order valence-corrected chi connectivity index (χ0v) is 17.2. The molecule has 1 atom stereocenters. The van der Waals surface area contributed by atoms with Crippen LogP contribution in [0, 0.1) is 0 Å². The molecule has 2 aromatic carbocycles. The second-order valence-electron chi connectivity index (χ2n) is 7.12. The average Bonchev–Trinajstić information content (AvgIpc) is 2.72.